The van der Waals surface area contributed by atoms with Crippen molar-refractivity contribution in [3.63, 3.8) is 0 Å². The molecule has 1 aliphatic rings. The highest BCUT2D eigenvalue weighted by molar-refractivity contribution is 7.80. The number of nitrogen functional groups attached to an aromatic ring is 2. The lowest BCUT2D eigenvalue weighted by Crippen LogP contribution is -2.41. The molecule has 1 saturated heterocycles. The van der Waals surface area contributed by atoms with E-state index in [9.17, 15) is 0 Å². The maximum atomic E-state index is 6.08. The van der Waals surface area contributed by atoms with Gasteiger partial charge in [-0.3, -0.25) is 0 Å². The minimum Gasteiger partial charge on any atom is -0.400 e. The van der Waals surface area contributed by atoms with Crippen LogP contribution in [-0.2, 0) is 9.31 Å². The molecule has 0 radical (unpaired) electrons. The Balaban J connectivity index is 2.34. The highest BCUT2D eigenvalue weighted by atomic mass is 32.1. The molecule has 0 amide bonds. The molecule has 120 valence electrons. The van der Waals surface area contributed by atoms with Crippen LogP contribution in [0.25, 0.3) is 6.08 Å². The maximum absolute atomic E-state index is 6.08. The highest BCUT2D eigenvalue weighted by Crippen LogP contribution is 2.39. The molecule has 0 aromatic heterocycles. The number of anilines is 2. The molecule has 4 N–H and O–H groups in total. The van der Waals surface area contributed by atoms with Crippen molar-refractivity contribution >= 4 is 37.2 Å². The van der Waals surface area contributed by atoms with Gasteiger partial charge in [0.1, 0.15) is 0 Å². The Kier molecular flexibility index (Phi) is 4.57. The van der Waals surface area contributed by atoms with Crippen molar-refractivity contribution in [3.05, 3.63) is 28.7 Å². The van der Waals surface area contributed by atoms with Crippen molar-refractivity contribution in [2.75, 3.05) is 17.2 Å². The standard InChI is InChI=1S/C16H25BN2O2S/c1-10-6-11(8-13(18)14(10)19)7-12(9-22)17-20-15(2,3)16(4,5)21-17/h6-8,22H,9,18-19H2,1-5H3. The maximum Gasteiger partial charge on any atom is 0.491 e. The molecule has 1 heterocycles. The molecule has 0 atom stereocenters. The lowest BCUT2D eigenvalue weighted by atomic mass is 9.78. The van der Waals surface area contributed by atoms with Gasteiger partial charge in [0.2, 0.25) is 0 Å². The predicted molar refractivity (Wildman–Crippen MR) is 97.9 cm³/mol. The van der Waals surface area contributed by atoms with E-state index >= 15 is 0 Å². The zero-order valence-corrected chi connectivity index (χ0v) is 14.8. The summed E-state index contributed by atoms with van der Waals surface area (Å²) in [5.41, 5.74) is 15.2. The molecule has 0 bridgehead atoms. The van der Waals surface area contributed by atoms with Gasteiger partial charge >= 0.3 is 7.12 Å². The molecule has 22 heavy (non-hydrogen) atoms. The van der Waals surface area contributed by atoms with Crippen LogP contribution in [0.15, 0.2) is 17.6 Å². The van der Waals surface area contributed by atoms with E-state index in [1.54, 1.807) is 0 Å². The molecule has 0 saturated carbocycles. The van der Waals surface area contributed by atoms with E-state index in [1.807, 2.05) is 52.8 Å². The zero-order valence-electron chi connectivity index (χ0n) is 13.9. The fraction of sp³-hybridized carbons (Fsp3) is 0.500. The number of rotatable bonds is 3. The van der Waals surface area contributed by atoms with Crippen LogP contribution >= 0.6 is 12.6 Å². The van der Waals surface area contributed by atoms with Crippen LogP contribution in [0.3, 0.4) is 0 Å². The molecular formula is C16H25BN2O2S. The van der Waals surface area contributed by atoms with Crippen molar-refractivity contribution < 1.29 is 9.31 Å². The third-order valence-corrected chi connectivity index (χ3v) is 4.90. The molecule has 2 rings (SSSR count). The minimum absolute atomic E-state index is 0.365. The summed E-state index contributed by atoms with van der Waals surface area (Å²) in [6.45, 7) is 10.1. The number of thiol groups is 1. The smallest absolute Gasteiger partial charge is 0.400 e. The van der Waals surface area contributed by atoms with Gasteiger partial charge in [0.25, 0.3) is 0 Å². The van der Waals surface area contributed by atoms with Gasteiger partial charge in [-0.25, -0.2) is 0 Å². The van der Waals surface area contributed by atoms with Crippen molar-refractivity contribution in [2.24, 2.45) is 0 Å². The Morgan fingerprint density at radius 2 is 1.73 bits per heavy atom. The second-order valence-electron chi connectivity index (χ2n) is 6.81. The lowest BCUT2D eigenvalue weighted by molar-refractivity contribution is 0.00578. The van der Waals surface area contributed by atoms with E-state index in [4.69, 9.17) is 20.8 Å². The van der Waals surface area contributed by atoms with Crippen LogP contribution in [-0.4, -0.2) is 24.1 Å². The third kappa shape index (κ3) is 3.14. The molecule has 4 nitrogen and oxygen atoms in total. The zero-order chi connectivity index (χ0) is 16.7. The summed E-state index contributed by atoms with van der Waals surface area (Å²) in [6, 6.07) is 3.86. The van der Waals surface area contributed by atoms with Gasteiger partial charge in [0, 0.05) is 5.75 Å². The summed E-state index contributed by atoms with van der Waals surface area (Å²) in [6.07, 6.45) is 2.01. The second-order valence-corrected chi connectivity index (χ2v) is 7.12. The number of aryl methyl sites for hydroxylation is 1. The Morgan fingerprint density at radius 1 is 1.18 bits per heavy atom. The van der Waals surface area contributed by atoms with Crippen molar-refractivity contribution in [2.45, 2.75) is 45.8 Å². The summed E-state index contributed by atoms with van der Waals surface area (Å²) in [5.74, 6) is 0.542. The molecule has 0 unspecified atom stereocenters. The molecule has 1 aromatic rings. The normalized spacial score (nSPS) is 20.5. The average Bonchev–Trinajstić information content (AvgIpc) is 2.61. The molecule has 1 fully saturated rings. The third-order valence-electron chi connectivity index (χ3n) is 4.53. The second kappa shape index (κ2) is 5.83. The van der Waals surface area contributed by atoms with E-state index < -0.39 is 7.12 Å². The first kappa shape index (κ1) is 17.3. The molecule has 1 aliphatic heterocycles. The van der Waals surface area contributed by atoms with Gasteiger partial charge in [-0.1, -0.05) is 6.08 Å². The minimum atomic E-state index is -0.401. The first-order valence-corrected chi connectivity index (χ1v) is 8.03. The van der Waals surface area contributed by atoms with E-state index in [1.165, 1.54) is 0 Å². The first-order chi connectivity index (χ1) is 10.1. The average molecular weight is 320 g/mol. The highest BCUT2D eigenvalue weighted by Gasteiger charge is 2.52. The van der Waals surface area contributed by atoms with Gasteiger partial charge in [0.05, 0.1) is 22.6 Å². The Labute approximate surface area is 138 Å². The number of nitrogens with two attached hydrogens (primary N) is 2. The Hall–Kier alpha value is -1.11. The summed E-state index contributed by atoms with van der Waals surface area (Å²) < 4.78 is 12.2. The first-order valence-electron chi connectivity index (χ1n) is 7.40. The summed E-state index contributed by atoms with van der Waals surface area (Å²) in [4.78, 5) is 0. The van der Waals surface area contributed by atoms with Crippen LogP contribution in [0.2, 0.25) is 0 Å². The van der Waals surface area contributed by atoms with Crippen LogP contribution in [0.5, 0.6) is 0 Å². The number of benzene rings is 1. The summed E-state index contributed by atoms with van der Waals surface area (Å²) in [5, 5.41) is 0. The Morgan fingerprint density at radius 3 is 2.18 bits per heavy atom. The fourth-order valence-electron chi connectivity index (χ4n) is 2.33. The summed E-state index contributed by atoms with van der Waals surface area (Å²) >= 11 is 4.42. The molecule has 6 heteroatoms. The largest absolute Gasteiger partial charge is 0.491 e. The van der Waals surface area contributed by atoms with Gasteiger partial charge in [-0.15, -0.1) is 0 Å². The quantitative estimate of drug-likeness (QED) is 0.455. The summed E-state index contributed by atoms with van der Waals surface area (Å²) in [7, 11) is -0.401. The van der Waals surface area contributed by atoms with Crippen LogP contribution in [0.4, 0.5) is 11.4 Å². The van der Waals surface area contributed by atoms with Crippen molar-refractivity contribution in [1.29, 1.82) is 0 Å². The number of hydrogen-bond acceptors (Lipinski definition) is 5. The molecule has 1 aromatic carbocycles. The lowest BCUT2D eigenvalue weighted by Gasteiger charge is -2.32. The predicted octanol–water partition coefficient (Wildman–Crippen LogP) is 3.10. The topological polar surface area (TPSA) is 70.5 Å². The van der Waals surface area contributed by atoms with Crippen LogP contribution in [0.1, 0.15) is 38.8 Å². The van der Waals surface area contributed by atoms with Crippen molar-refractivity contribution in [1.82, 2.24) is 0 Å². The number of hydrogen-bond donors (Lipinski definition) is 3. The van der Waals surface area contributed by atoms with Gasteiger partial charge in [-0.05, 0) is 63.4 Å². The van der Waals surface area contributed by atoms with Gasteiger partial charge < -0.3 is 20.8 Å². The van der Waals surface area contributed by atoms with Crippen LogP contribution < -0.4 is 11.5 Å². The SMILES string of the molecule is Cc1cc(C=C(CS)B2OC(C)(C)C(C)(C)O2)cc(N)c1N. The molecule has 0 aliphatic carbocycles. The van der Waals surface area contributed by atoms with Crippen molar-refractivity contribution in [3.8, 4) is 0 Å². The van der Waals surface area contributed by atoms with E-state index in [0.29, 0.717) is 17.1 Å². The molecule has 0 spiro atoms. The molecular weight excluding hydrogens is 295 g/mol. The van der Waals surface area contributed by atoms with E-state index in [0.717, 1.165) is 16.6 Å². The fourth-order valence-corrected chi connectivity index (χ4v) is 2.57. The van der Waals surface area contributed by atoms with Gasteiger partial charge in [0.15, 0.2) is 0 Å². The van der Waals surface area contributed by atoms with Gasteiger partial charge in [-0.2, -0.15) is 12.6 Å². The Bertz CT molecular complexity index is 575. The van der Waals surface area contributed by atoms with Crippen LogP contribution in [0, 0.1) is 6.92 Å². The van der Waals surface area contributed by atoms with E-state index in [2.05, 4.69) is 12.6 Å². The van der Waals surface area contributed by atoms with E-state index in [-0.39, 0.29) is 11.2 Å². The monoisotopic (exact) mass is 320 g/mol.